The fraction of sp³-hybridized carbons (Fsp3) is 0.133. The topological polar surface area (TPSA) is 68.6 Å². The molecule has 0 fully saturated rings. The van der Waals surface area contributed by atoms with Crippen LogP contribution in [0.4, 0.5) is 5.69 Å². The van der Waals surface area contributed by atoms with Crippen molar-refractivity contribution in [3.8, 4) is 5.75 Å². The number of aromatic nitrogens is 1. The van der Waals surface area contributed by atoms with E-state index >= 15 is 0 Å². The summed E-state index contributed by atoms with van der Waals surface area (Å²) in [4.78, 5) is 31.1. The van der Waals surface area contributed by atoms with E-state index in [2.05, 4.69) is 9.98 Å². The predicted molar refractivity (Wildman–Crippen MR) is 74.6 cm³/mol. The summed E-state index contributed by atoms with van der Waals surface area (Å²) in [5.41, 5.74) is 1.40. The molecule has 1 aliphatic rings. The van der Waals surface area contributed by atoms with Crippen LogP contribution in [0.5, 0.6) is 5.75 Å². The van der Waals surface area contributed by atoms with E-state index in [1.807, 2.05) is 13.0 Å². The molecular formula is C15H10N2O3. The molecule has 5 heteroatoms. The number of rotatable bonds is 2. The minimum Gasteiger partial charge on any atom is -0.492 e. The zero-order valence-corrected chi connectivity index (χ0v) is 10.7. The second-order valence-corrected chi connectivity index (χ2v) is 4.24. The van der Waals surface area contributed by atoms with E-state index in [0.717, 1.165) is 5.39 Å². The van der Waals surface area contributed by atoms with Gasteiger partial charge in [-0.2, -0.15) is 0 Å². The predicted octanol–water partition coefficient (Wildman–Crippen LogP) is 2.29. The Morgan fingerprint density at radius 3 is 2.95 bits per heavy atom. The van der Waals surface area contributed by atoms with Gasteiger partial charge in [0.1, 0.15) is 23.0 Å². The molecule has 0 N–H and O–H groups in total. The summed E-state index contributed by atoms with van der Waals surface area (Å²) in [6.45, 7) is 2.45. The van der Waals surface area contributed by atoms with Crippen LogP contribution in [0, 0.1) is 0 Å². The second kappa shape index (κ2) is 4.72. The van der Waals surface area contributed by atoms with Crippen molar-refractivity contribution in [2.75, 3.05) is 6.61 Å². The Morgan fingerprint density at radius 2 is 2.20 bits per heavy atom. The van der Waals surface area contributed by atoms with Crippen molar-refractivity contribution in [2.24, 2.45) is 4.99 Å². The van der Waals surface area contributed by atoms with Crippen LogP contribution < -0.4 is 4.74 Å². The first-order valence-corrected chi connectivity index (χ1v) is 6.14. The number of benzene rings is 1. The number of Topliss-reactive ketones (excluding diaryl/α,β-unsaturated/α-hetero) is 1. The largest absolute Gasteiger partial charge is 0.492 e. The molecule has 2 heterocycles. The number of ether oxygens (including phenoxy) is 1. The van der Waals surface area contributed by atoms with Crippen molar-refractivity contribution >= 4 is 34.5 Å². The number of hydrogen-bond acceptors (Lipinski definition) is 5. The molecule has 0 saturated carbocycles. The molecule has 1 aromatic carbocycles. The number of allylic oxidation sites excluding steroid dienone is 1. The molecule has 5 nitrogen and oxygen atoms in total. The fourth-order valence-electron chi connectivity index (χ4n) is 2.13. The molecule has 0 saturated heterocycles. The minimum atomic E-state index is -0.373. The van der Waals surface area contributed by atoms with Crippen molar-refractivity contribution in [2.45, 2.75) is 6.92 Å². The maximum atomic E-state index is 12.0. The fourth-order valence-corrected chi connectivity index (χ4v) is 2.13. The summed E-state index contributed by atoms with van der Waals surface area (Å²) in [6.07, 6.45) is 2.83. The highest BCUT2D eigenvalue weighted by Gasteiger charge is 2.22. The SMILES string of the molecule is CCOc1cnc2c3c(ccc2c1)C(=O)C(=C=O)C=N3. The van der Waals surface area contributed by atoms with Gasteiger partial charge in [0.05, 0.1) is 23.9 Å². The van der Waals surface area contributed by atoms with E-state index in [1.165, 1.54) is 6.21 Å². The molecule has 2 aromatic rings. The van der Waals surface area contributed by atoms with Gasteiger partial charge < -0.3 is 4.74 Å². The number of nitrogens with zero attached hydrogens (tertiary/aromatic N) is 2. The quantitative estimate of drug-likeness (QED) is 0.617. The number of ketones is 1. The van der Waals surface area contributed by atoms with Gasteiger partial charge >= 0.3 is 0 Å². The highest BCUT2D eigenvalue weighted by molar-refractivity contribution is 6.31. The maximum Gasteiger partial charge on any atom is 0.207 e. The van der Waals surface area contributed by atoms with Crippen LogP contribution in [0.1, 0.15) is 17.3 Å². The lowest BCUT2D eigenvalue weighted by molar-refractivity contribution is 0.104. The third kappa shape index (κ3) is 1.81. The molecule has 0 amide bonds. The van der Waals surface area contributed by atoms with Gasteiger partial charge in [0.15, 0.2) is 0 Å². The Kier molecular flexibility index (Phi) is 2.89. The van der Waals surface area contributed by atoms with Crippen LogP contribution in [0.15, 0.2) is 35.0 Å². The smallest absolute Gasteiger partial charge is 0.207 e. The Morgan fingerprint density at radius 1 is 1.35 bits per heavy atom. The summed E-state index contributed by atoms with van der Waals surface area (Å²) >= 11 is 0. The average Bonchev–Trinajstić information content (AvgIpc) is 2.47. The Hall–Kier alpha value is -2.78. The van der Waals surface area contributed by atoms with Gasteiger partial charge in [-0.1, -0.05) is 6.07 Å². The van der Waals surface area contributed by atoms with Gasteiger partial charge in [0.2, 0.25) is 5.78 Å². The molecule has 20 heavy (non-hydrogen) atoms. The molecule has 3 rings (SSSR count). The second-order valence-electron chi connectivity index (χ2n) is 4.24. The van der Waals surface area contributed by atoms with Crippen LogP contribution >= 0.6 is 0 Å². The van der Waals surface area contributed by atoms with Gasteiger partial charge in [-0.15, -0.1) is 0 Å². The Balaban J connectivity index is 2.23. The summed E-state index contributed by atoms with van der Waals surface area (Å²) in [5, 5.41) is 0.832. The first kappa shape index (κ1) is 12.3. The lowest BCUT2D eigenvalue weighted by atomic mass is 9.98. The van der Waals surface area contributed by atoms with E-state index in [-0.39, 0.29) is 11.4 Å². The van der Waals surface area contributed by atoms with Crippen LogP contribution in [-0.2, 0) is 4.79 Å². The number of aliphatic imine (C=N–C) groups is 1. The number of carbonyl (C=O) groups excluding carboxylic acids is 2. The number of carbonyl (C=O) groups is 1. The van der Waals surface area contributed by atoms with Crippen molar-refractivity contribution in [3.63, 3.8) is 0 Å². The summed E-state index contributed by atoms with van der Waals surface area (Å²) in [7, 11) is 0. The molecule has 0 bridgehead atoms. The third-order valence-corrected chi connectivity index (χ3v) is 3.03. The minimum absolute atomic E-state index is 0.0669. The molecule has 0 spiro atoms. The first-order valence-electron chi connectivity index (χ1n) is 6.14. The molecule has 0 aliphatic carbocycles. The number of pyridine rings is 1. The monoisotopic (exact) mass is 266 g/mol. The van der Waals surface area contributed by atoms with Gasteiger partial charge in [-0.25, -0.2) is 4.79 Å². The van der Waals surface area contributed by atoms with Crippen molar-refractivity contribution in [1.82, 2.24) is 4.98 Å². The van der Waals surface area contributed by atoms with E-state index in [9.17, 15) is 9.59 Å². The standard InChI is InChI=1S/C15H10N2O3/c1-2-20-11-5-9-3-4-12-14(13(9)17-7-11)16-6-10(8-18)15(12)19/h3-7H,2H2,1H3. The first-order chi connectivity index (χ1) is 9.74. The number of hydrogen-bond donors (Lipinski definition) is 0. The van der Waals surface area contributed by atoms with Crippen LogP contribution in [0.3, 0.4) is 0 Å². The van der Waals surface area contributed by atoms with Gasteiger partial charge in [0.25, 0.3) is 0 Å². The molecule has 0 radical (unpaired) electrons. The van der Waals surface area contributed by atoms with Crippen molar-refractivity contribution in [3.05, 3.63) is 35.5 Å². The average molecular weight is 266 g/mol. The molecule has 0 unspecified atom stereocenters. The lowest BCUT2D eigenvalue weighted by Gasteiger charge is -2.12. The highest BCUT2D eigenvalue weighted by atomic mass is 16.5. The molecule has 1 aliphatic heterocycles. The molecule has 98 valence electrons. The van der Waals surface area contributed by atoms with Crippen molar-refractivity contribution in [1.29, 1.82) is 0 Å². The Bertz CT molecular complexity index is 802. The van der Waals surface area contributed by atoms with E-state index in [1.54, 1.807) is 24.3 Å². The summed E-state index contributed by atoms with van der Waals surface area (Å²) in [5.74, 6) is 1.89. The zero-order valence-electron chi connectivity index (χ0n) is 10.7. The normalized spacial score (nSPS) is 13.2. The molecular weight excluding hydrogens is 256 g/mol. The summed E-state index contributed by atoms with van der Waals surface area (Å²) in [6, 6.07) is 5.26. The van der Waals surface area contributed by atoms with E-state index < -0.39 is 0 Å². The maximum absolute atomic E-state index is 12.0. The van der Waals surface area contributed by atoms with E-state index in [4.69, 9.17) is 4.74 Å². The van der Waals surface area contributed by atoms with Gasteiger partial charge in [-0.05, 0) is 19.1 Å². The summed E-state index contributed by atoms with van der Waals surface area (Å²) < 4.78 is 5.39. The van der Waals surface area contributed by atoms with Crippen LogP contribution in [0.2, 0.25) is 0 Å². The zero-order chi connectivity index (χ0) is 14.1. The molecule has 0 atom stereocenters. The van der Waals surface area contributed by atoms with Gasteiger partial charge in [-0.3, -0.25) is 14.8 Å². The number of fused-ring (bicyclic) bond motifs is 3. The molecule has 1 aromatic heterocycles. The van der Waals surface area contributed by atoms with Crippen LogP contribution in [0.25, 0.3) is 10.9 Å². The highest BCUT2D eigenvalue weighted by Crippen LogP contribution is 2.33. The van der Waals surface area contributed by atoms with Crippen molar-refractivity contribution < 1.29 is 14.3 Å². The lowest BCUT2D eigenvalue weighted by Crippen LogP contribution is -2.10. The van der Waals surface area contributed by atoms with Gasteiger partial charge in [0, 0.05) is 11.6 Å². The Labute approximate surface area is 114 Å². The van der Waals surface area contributed by atoms with E-state index in [0.29, 0.717) is 29.1 Å². The van der Waals surface area contributed by atoms with Crippen LogP contribution in [-0.4, -0.2) is 29.5 Å². The third-order valence-electron chi connectivity index (χ3n) is 3.03.